The van der Waals surface area contributed by atoms with Crippen molar-refractivity contribution in [2.75, 3.05) is 0 Å². The molecule has 0 fully saturated rings. The van der Waals surface area contributed by atoms with Gasteiger partial charge in [-0.1, -0.05) is 47.6 Å². The molecule has 1 aromatic rings. The molecule has 0 saturated carbocycles. The summed E-state index contributed by atoms with van der Waals surface area (Å²) >= 11 is 0. The number of aliphatic carboxylic acids is 1. The van der Waals surface area contributed by atoms with Gasteiger partial charge in [0.05, 0.1) is 0 Å². The van der Waals surface area contributed by atoms with Gasteiger partial charge in [0, 0.05) is 11.1 Å². The summed E-state index contributed by atoms with van der Waals surface area (Å²) in [5.41, 5.74) is -0.0242. The summed E-state index contributed by atoms with van der Waals surface area (Å²) in [5, 5.41) is 29.8. The van der Waals surface area contributed by atoms with Crippen LogP contribution in [0.5, 0.6) is 11.5 Å². The number of carboxylic acids is 1. The number of rotatable bonds is 8. The Morgan fingerprint density at radius 2 is 1.27 bits per heavy atom. The maximum absolute atomic E-state index is 12.6. The quantitative estimate of drug-likeness (QED) is 0.460. The van der Waals surface area contributed by atoms with E-state index < -0.39 is 12.0 Å². The molecular formula is C25H43NO4. The van der Waals surface area contributed by atoms with Crippen molar-refractivity contribution in [3.8, 4) is 11.5 Å². The minimum absolute atomic E-state index is 0.0272. The van der Waals surface area contributed by atoms with Gasteiger partial charge in [-0.15, -0.1) is 0 Å². The maximum Gasteiger partial charge on any atom is 0.321 e. The molecule has 0 bridgehead atoms. The van der Waals surface area contributed by atoms with Crippen LogP contribution in [0, 0.1) is 10.8 Å². The number of phenols is 2. The lowest BCUT2D eigenvalue weighted by Crippen LogP contribution is -2.64. The molecule has 30 heavy (non-hydrogen) atoms. The first-order valence-corrected chi connectivity index (χ1v) is 10.8. The van der Waals surface area contributed by atoms with Crippen LogP contribution in [0.4, 0.5) is 0 Å². The van der Waals surface area contributed by atoms with E-state index in [2.05, 4.69) is 74.1 Å². The molecule has 0 amide bonds. The molecule has 0 spiro atoms. The lowest BCUT2D eigenvalue weighted by molar-refractivity contribution is -0.153. The third-order valence-corrected chi connectivity index (χ3v) is 5.30. The lowest BCUT2D eigenvalue weighted by atomic mass is 9.74. The topological polar surface area (TPSA) is 81.0 Å². The highest BCUT2D eigenvalue weighted by Crippen LogP contribution is 2.42. The number of hydrogen-bond donors (Lipinski definition) is 3. The van der Waals surface area contributed by atoms with Crippen LogP contribution in [-0.4, -0.2) is 43.3 Å². The minimum Gasteiger partial charge on any atom is -0.504 e. The molecule has 5 nitrogen and oxygen atoms in total. The third-order valence-electron chi connectivity index (χ3n) is 5.30. The van der Waals surface area contributed by atoms with Crippen molar-refractivity contribution >= 4 is 5.97 Å². The summed E-state index contributed by atoms with van der Waals surface area (Å²) in [5.74, 6) is -1.32. The zero-order valence-electron chi connectivity index (χ0n) is 20.6. The number of benzene rings is 1. The van der Waals surface area contributed by atoms with Gasteiger partial charge in [0.15, 0.2) is 11.5 Å². The molecule has 0 saturated heterocycles. The van der Waals surface area contributed by atoms with E-state index in [1.165, 1.54) is 12.1 Å². The fourth-order valence-corrected chi connectivity index (χ4v) is 5.64. The van der Waals surface area contributed by atoms with Gasteiger partial charge in [0.25, 0.3) is 0 Å². The molecule has 0 aromatic heterocycles. The number of aromatic hydroxyl groups is 2. The van der Waals surface area contributed by atoms with E-state index in [0.29, 0.717) is 5.56 Å². The SMILES string of the molecule is CC(C)(C)CC(C)(C)N([C@@H](Cc1ccc(O)c(O)c1)C(=O)O)C(C)(C)CC(C)(C)C. The molecular weight excluding hydrogens is 378 g/mol. The van der Waals surface area contributed by atoms with E-state index in [-0.39, 0.29) is 39.8 Å². The summed E-state index contributed by atoms with van der Waals surface area (Å²) in [6.45, 7) is 21.6. The molecule has 0 aliphatic carbocycles. The normalized spacial score (nSPS) is 14.8. The van der Waals surface area contributed by atoms with Crippen LogP contribution in [0.15, 0.2) is 18.2 Å². The van der Waals surface area contributed by atoms with Crippen molar-refractivity contribution in [1.29, 1.82) is 0 Å². The molecule has 3 N–H and O–H groups in total. The molecule has 1 rings (SSSR count). The van der Waals surface area contributed by atoms with Crippen molar-refractivity contribution in [2.24, 2.45) is 10.8 Å². The Labute approximate surface area is 183 Å². The molecule has 0 heterocycles. The van der Waals surface area contributed by atoms with Crippen LogP contribution in [-0.2, 0) is 11.2 Å². The van der Waals surface area contributed by atoms with E-state index >= 15 is 0 Å². The fourth-order valence-electron chi connectivity index (χ4n) is 5.64. The van der Waals surface area contributed by atoms with Gasteiger partial charge < -0.3 is 15.3 Å². The zero-order chi connectivity index (χ0) is 23.7. The summed E-state index contributed by atoms with van der Waals surface area (Å²) in [6, 6.07) is 3.77. The van der Waals surface area contributed by atoms with E-state index in [4.69, 9.17) is 0 Å². The predicted molar refractivity (Wildman–Crippen MR) is 123 cm³/mol. The van der Waals surface area contributed by atoms with Crippen LogP contribution < -0.4 is 0 Å². The molecule has 0 aliphatic heterocycles. The molecule has 1 atom stereocenters. The van der Waals surface area contributed by atoms with Gasteiger partial charge >= 0.3 is 5.97 Å². The van der Waals surface area contributed by atoms with Crippen molar-refractivity contribution in [3.05, 3.63) is 23.8 Å². The Bertz CT molecular complexity index is 710. The number of hydrogen-bond acceptors (Lipinski definition) is 4. The van der Waals surface area contributed by atoms with Gasteiger partial charge in [-0.25, -0.2) is 0 Å². The highest BCUT2D eigenvalue weighted by Gasteiger charge is 2.47. The second kappa shape index (κ2) is 8.78. The smallest absolute Gasteiger partial charge is 0.321 e. The van der Waals surface area contributed by atoms with Crippen LogP contribution in [0.1, 0.15) is 87.6 Å². The first-order chi connectivity index (χ1) is 13.3. The monoisotopic (exact) mass is 421 g/mol. The Hall–Kier alpha value is -1.75. The van der Waals surface area contributed by atoms with Crippen molar-refractivity contribution in [1.82, 2.24) is 4.90 Å². The number of nitrogens with zero attached hydrogens (tertiary/aromatic N) is 1. The van der Waals surface area contributed by atoms with Crippen molar-refractivity contribution < 1.29 is 20.1 Å². The average molecular weight is 422 g/mol. The van der Waals surface area contributed by atoms with E-state index in [0.717, 1.165) is 12.8 Å². The van der Waals surface area contributed by atoms with E-state index in [1.807, 2.05) is 0 Å². The van der Waals surface area contributed by atoms with Crippen molar-refractivity contribution in [3.63, 3.8) is 0 Å². The standard InChI is InChI=1S/C25H43NO4/c1-22(2,3)15-24(7,8)26(25(9,10)16-23(4,5)6)18(21(29)30)13-17-11-12-19(27)20(28)14-17/h11-12,14,18,27-28H,13,15-16H2,1-10H3,(H,29,30)/t18-/m0/s1. The Balaban J connectivity index is 3.53. The second-order valence-electron chi connectivity index (χ2n) is 12.4. The number of phenolic OH excluding ortho intramolecular Hbond substituents is 2. The minimum atomic E-state index is -0.883. The lowest BCUT2D eigenvalue weighted by Gasteiger charge is -2.54. The summed E-state index contributed by atoms with van der Waals surface area (Å²) < 4.78 is 0. The number of carbonyl (C=O) groups is 1. The molecule has 1 aromatic carbocycles. The predicted octanol–water partition coefficient (Wildman–Crippen LogP) is 5.83. The fraction of sp³-hybridized carbons (Fsp3) is 0.720. The molecule has 0 radical (unpaired) electrons. The van der Waals surface area contributed by atoms with Crippen LogP contribution in [0.2, 0.25) is 0 Å². The highest BCUT2D eigenvalue weighted by molar-refractivity contribution is 5.74. The van der Waals surface area contributed by atoms with Gasteiger partial charge in [0.1, 0.15) is 6.04 Å². The van der Waals surface area contributed by atoms with Gasteiger partial charge in [-0.05, 0) is 75.5 Å². The average Bonchev–Trinajstić information content (AvgIpc) is 2.44. The third kappa shape index (κ3) is 7.50. The van der Waals surface area contributed by atoms with Crippen molar-refractivity contribution in [2.45, 2.75) is 106 Å². The Morgan fingerprint density at radius 1 is 0.833 bits per heavy atom. The Kier molecular flexibility index (Phi) is 7.69. The first-order valence-electron chi connectivity index (χ1n) is 10.8. The van der Waals surface area contributed by atoms with Crippen LogP contribution in [0.3, 0.4) is 0 Å². The van der Waals surface area contributed by atoms with Gasteiger partial charge in [0.2, 0.25) is 0 Å². The highest BCUT2D eigenvalue weighted by atomic mass is 16.4. The molecule has 5 heteroatoms. The molecule has 0 unspecified atom stereocenters. The Morgan fingerprint density at radius 3 is 1.60 bits per heavy atom. The van der Waals surface area contributed by atoms with Gasteiger partial charge in [-0.2, -0.15) is 0 Å². The molecule has 0 aliphatic rings. The van der Waals surface area contributed by atoms with E-state index in [1.54, 1.807) is 6.07 Å². The molecule has 172 valence electrons. The van der Waals surface area contributed by atoms with Crippen LogP contribution in [0.25, 0.3) is 0 Å². The summed E-state index contributed by atoms with van der Waals surface area (Å²) in [4.78, 5) is 14.7. The van der Waals surface area contributed by atoms with Crippen LogP contribution >= 0.6 is 0 Å². The maximum atomic E-state index is 12.6. The summed E-state index contributed by atoms with van der Waals surface area (Å²) in [7, 11) is 0. The van der Waals surface area contributed by atoms with E-state index in [9.17, 15) is 20.1 Å². The van der Waals surface area contributed by atoms with Gasteiger partial charge in [-0.3, -0.25) is 9.69 Å². The first kappa shape index (κ1) is 26.3. The summed E-state index contributed by atoms with van der Waals surface area (Å²) in [6.07, 6.45) is 1.90. The second-order valence-corrected chi connectivity index (χ2v) is 12.4. The zero-order valence-corrected chi connectivity index (χ0v) is 20.6. The largest absolute Gasteiger partial charge is 0.504 e. The number of carboxylic acid groups (broad SMARTS) is 1.